The maximum Gasteiger partial charge on any atom is 0.407 e. The van der Waals surface area contributed by atoms with Crippen molar-refractivity contribution in [2.75, 3.05) is 7.11 Å². The molecule has 0 radical (unpaired) electrons. The molecule has 0 fully saturated rings. The average molecular weight is 243 g/mol. The van der Waals surface area contributed by atoms with Crippen LogP contribution in [0.1, 0.15) is 41.5 Å². The molecular formula is C14H29NO2. The first-order valence-corrected chi connectivity index (χ1v) is 5.55. The monoisotopic (exact) mass is 243 g/mol. The van der Waals surface area contributed by atoms with E-state index in [0.29, 0.717) is 0 Å². The van der Waals surface area contributed by atoms with Crippen LogP contribution in [0.4, 0.5) is 4.79 Å². The molecule has 0 aliphatic heterocycles. The lowest BCUT2D eigenvalue weighted by atomic mass is 9.88. The van der Waals surface area contributed by atoms with Crippen molar-refractivity contribution in [1.29, 1.82) is 0 Å². The highest BCUT2D eigenvalue weighted by Crippen LogP contribution is 2.18. The van der Waals surface area contributed by atoms with Crippen molar-refractivity contribution in [3.8, 4) is 12.8 Å². The number of alkyl carbamates (subject to hydrolysis) is 1. The molecule has 0 saturated heterocycles. The van der Waals surface area contributed by atoms with Crippen LogP contribution in [-0.4, -0.2) is 19.2 Å². The highest BCUT2D eigenvalue weighted by atomic mass is 16.5. The molecule has 0 aliphatic rings. The van der Waals surface area contributed by atoms with Gasteiger partial charge in [-0.1, -0.05) is 34.6 Å². The van der Waals surface area contributed by atoms with Crippen molar-refractivity contribution in [2.24, 2.45) is 5.41 Å². The number of terminal acetylenes is 1. The molecule has 17 heavy (non-hydrogen) atoms. The SMILES string of the molecule is C#C.C=C.CC.COC(=O)NC(C)C(C)(C)C. The molecule has 1 atom stereocenters. The van der Waals surface area contributed by atoms with E-state index in [9.17, 15) is 4.79 Å². The first-order valence-electron chi connectivity index (χ1n) is 5.55. The van der Waals surface area contributed by atoms with Crippen molar-refractivity contribution in [1.82, 2.24) is 5.32 Å². The minimum Gasteiger partial charge on any atom is -0.453 e. The van der Waals surface area contributed by atoms with E-state index in [4.69, 9.17) is 0 Å². The molecule has 0 aromatic heterocycles. The van der Waals surface area contributed by atoms with Crippen LogP contribution in [0.5, 0.6) is 0 Å². The largest absolute Gasteiger partial charge is 0.453 e. The van der Waals surface area contributed by atoms with E-state index in [-0.39, 0.29) is 17.6 Å². The Morgan fingerprint density at radius 3 is 1.71 bits per heavy atom. The number of hydrogen-bond acceptors (Lipinski definition) is 2. The third kappa shape index (κ3) is 20.6. The summed E-state index contributed by atoms with van der Waals surface area (Å²) in [6, 6.07) is 0.120. The molecule has 0 aliphatic carbocycles. The summed E-state index contributed by atoms with van der Waals surface area (Å²) >= 11 is 0. The van der Waals surface area contributed by atoms with Gasteiger partial charge in [0.25, 0.3) is 0 Å². The van der Waals surface area contributed by atoms with Gasteiger partial charge in [-0.25, -0.2) is 4.79 Å². The smallest absolute Gasteiger partial charge is 0.407 e. The number of amides is 1. The zero-order valence-corrected chi connectivity index (χ0v) is 12.5. The molecule has 1 N–H and O–H groups in total. The lowest BCUT2D eigenvalue weighted by molar-refractivity contribution is 0.156. The number of carbonyl (C=O) groups is 1. The van der Waals surface area contributed by atoms with Gasteiger partial charge in [0.15, 0.2) is 0 Å². The molecule has 0 rings (SSSR count). The van der Waals surface area contributed by atoms with Crippen molar-refractivity contribution in [3.05, 3.63) is 13.2 Å². The molecule has 0 aromatic carbocycles. The highest BCUT2D eigenvalue weighted by molar-refractivity contribution is 5.67. The van der Waals surface area contributed by atoms with Gasteiger partial charge in [-0.15, -0.1) is 26.0 Å². The summed E-state index contributed by atoms with van der Waals surface area (Å²) in [7, 11) is 1.37. The van der Waals surface area contributed by atoms with Crippen LogP contribution < -0.4 is 5.32 Å². The van der Waals surface area contributed by atoms with Crippen LogP contribution in [0, 0.1) is 18.3 Å². The van der Waals surface area contributed by atoms with Gasteiger partial charge in [-0.2, -0.15) is 0 Å². The average Bonchev–Trinajstić information content (AvgIpc) is 2.35. The fourth-order valence-electron chi connectivity index (χ4n) is 0.452. The molecule has 0 aromatic rings. The molecule has 0 saturated carbocycles. The maximum atomic E-state index is 10.7. The first-order chi connectivity index (χ1) is 7.88. The van der Waals surface area contributed by atoms with E-state index in [1.807, 2.05) is 20.8 Å². The third-order valence-corrected chi connectivity index (χ3v) is 1.82. The Morgan fingerprint density at radius 1 is 1.24 bits per heavy atom. The summed E-state index contributed by atoms with van der Waals surface area (Å²) in [5.74, 6) is 0. The van der Waals surface area contributed by atoms with Crippen LogP contribution in [0.3, 0.4) is 0 Å². The summed E-state index contributed by atoms with van der Waals surface area (Å²) in [6.45, 7) is 18.1. The fourth-order valence-corrected chi connectivity index (χ4v) is 0.452. The molecule has 1 unspecified atom stereocenters. The van der Waals surface area contributed by atoms with E-state index in [2.05, 4.69) is 56.8 Å². The molecule has 3 heteroatoms. The minimum atomic E-state index is -0.368. The predicted molar refractivity (Wildman–Crippen MR) is 76.9 cm³/mol. The Labute approximate surface area is 108 Å². The molecule has 0 heterocycles. The standard InChI is InChI=1S/C8H17NO2.C2H6.C2H4.C2H2/c1-6(8(2,3)4)9-7(10)11-5;3*1-2/h6H,1-5H3,(H,9,10);1-2H3;1-2H2;1-2H. The first kappa shape index (κ1) is 24.7. The number of carbonyl (C=O) groups excluding carboxylic acids is 1. The number of nitrogens with one attached hydrogen (secondary N) is 1. The number of ether oxygens (including phenoxy) is 1. The number of hydrogen-bond donors (Lipinski definition) is 1. The fraction of sp³-hybridized carbons (Fsp3) is 0.643. The van der Waals surface area contributed by atoms with Crippen molar-refractivity contribution >= 4 is 6.09 Å². The summed E-state index contributed by atoms with van der Waals surface area (Å²) < 4.78 is 4.47. The second-order valence-electron chi connectivity index (χ2n) is 3.72. The van der Waals surface area contributed by atoms with Gasteiger partial charge in [0.05, 0.1) is 7.11 Å². The van der Waals surface area contributed by atoms with E-state index < -0.39 is 0 Å². The zero-order chi connectivity index (χ0) is 15.1. The zero-order valence-electron chi connectivity index (χ0n) is 12.5. The Hall–Kier alpha value is -1.43. The van der Waals surface area contributed by atoms with E-state index >= 15 is 0 Å². The normalized spacial score (nSPS) is 9.71. The van der Waals surface area contributed by atoms with Gasteiger partial charge < -0.3 is 10.1 Å². The molecule has 0 spiro atoms. The highest BCUT2D eigenvalue weighted by Gasteiger charge is 2.21. The van der Waals surface area contributed by atoms with Gasteiger partial charge >= 0.3 is 6.09 Å². The van der Waals surface area contributed by atoms with E-state index in [0.717, 1.165) is 0 Å². The van der Waals surface area contributed by atoms with E-state index in [1.54, 1.807) is 0 Å². The molecular weight excluding hydrogens is 214 g/mol. The number of methoxy groups -OCH3 is 1. The van der Waals surface area contributed by atoms with Crippen molar-refractivity contribution in [2.45, 2.75) is 47.6 Å². The second kappa shape index (κ2) is 17.0. The quantitative estimate of drug-likeness (QED) is 0.561. The Bertz CT molecular complexity index is 180. The van der Waals surface area contributed by atoms with Crippen LogP contribution in [0.15, 0.2) is 13.2 Å². The van der Waals surface area contributed by atoms with Gasteiger partial charge in [0.1, 0.15) is 0 Å². The number of rotatable bonds is 1. The summed E-state index contributed by atoms with van der Waals surface area (Å²) in [4.78, 5) is 10.7. The Kier molecular flexibility index (Phi) is 24.7. The van der Waals surface area contributed by atoms with E-state index in [1.165, 1.54) is 7.11 Å². The van der Waals surface area contributed by atoms with Crippen LogP contribution >= 0.6 is 0 Å². The molecule has 1 amide bonds. The molecule has 3 nitrogen and oxygen atoms in total. The Balaban J connectivity index is -0.000000121. The summed E-state index contributed by atoms with van der Waals surface area (Å²) in [6.07, 6.45) is 7.63. The Morgan fingerprint density at radius 2 is 1.53 bits per heavy atom. The van der Waals surface area contributed by atoms with Crippen molar-refractivity contribution in [3.63, 3.8) is 0 Å². The van der Waals surface area contributed by atoms with Gasteiger partial charge in [0.2, 0.25) is 0 Å². The van der Waals surface area contributed by atoms with Gasteiger partial charge in [-0.3, -0.25) is 0 Å². The third-order valence-electron chi connectivity index (χ3n) is 1.82. The lowest BCUT2D eigenvalue weighted by Crippen LogP contribution is -2.41. The second-order valence-corrected chi connectivity index (χ2v) is 3.72. The molecule has 102 valence electrons. The minimum absolute atomic E-state index is 0.0776. The van der Waals surface area contributed by atoms with Crippen LogP contribution in [0.2, 0.25) is 0 Å². The topological polar surface area (TPSA) is 38.3 Å². The summed E-state index contributed by atoms with van der Waals surface area (Å²) in [5.41, 5.74) is 0.0776. The van der Waals surface area contributed by atoms with Crippen LogP contribution in [0.25, 0.3) is 0 Å². The van der Waals surface area contributed by atoms with Crippen molar-refractivity contribution < 1.29 is 9.53 Å². The maximum absolute atomic E-state index is 10.7. The van der Waals surface area contributed by atoms with Gasteiger partial charge in [0, 0.05) is 6.04 Å². The van der Waals surface area contributed by atoms with Gasteiger partial charge in [-0.05, 0) is 12.3 Å². The van der Waals surface area contributed by atoms with Crippen LogP contribution in [-0.2, 0) is 4.74 Å². The summed E-state index contributed by atoms with van der Waals surface area (Å²) in [5, 5.41) is 2.71. The molecule has 0 bridgehead atoms. The lowest BCUT2D eigenvalue weighted by Gasteiger charge is -2.27. The predicted octanol–water partition coefficient (Wildman–Crippen LogP) is 3.85.